The minimum absolute atomic E-state index is 0.0406. The van der Waals surface area contributed by atoms with Crippen molar-refractivity contribution in [3.8, 4) is 0 Å². The molecular weight excluding hydrogens is 348 g/mol. The molecule has 0 aromatic carbocycles. The molecule has 3 rings (SSSR count). The first-order valence-electron chi connectivity index (χ1n) is 9.70. The maximum atomic E-state index is 12.3. The van der Waals surface area contributed by atoms with Gasteiger partial charge in [0.15, 0.2) is 0 Å². The highest BCUT2D eigenvalue weighted by molar-refractivity contribution is 6.36. The van der Waals surface area contributed by atoms with Gasteiger partial charge >= 0.3 is 0 Å². The first kappa shape index (κ1) is 19.5. The molecular formula is C19H28N4O4. The van der Waals surface area contributed by atoms with Gasteiger partial charge in [0.05, 0.1) is 24.8 Å². The maximum Gasteiger partial charge on any atom is 0.289 e. The Morgan fingerprint density at radius 3 is 2.63 bits per heavy atom. The third kappa shape index (κ3) is 4.74. The van der Waals surface area contributed by atoms with Crippen molar-refractivity contribution < 1.29 is 19.1 Å². The molecule has 0 radical (unpaired) electrons. The van der Waals surface area contributed by atoms with Gasteiger partial charge < -0.3 is 15.0 Å². The zero-order valence-electron chi connectivity index (χ0n) is 16.0. The lowest BCUT2D eigenvalue weighted by Gasteiger charge is -2.32. The van der Waals surface area contributed by atoms with E-state index in [1.54, 1.807) is 17.2 Å². The summed E-state index contributed by atoms with van der Waals surface area (Å²) in [6.07, 6.45) is 4.11. The van der Waals surface area contributed by atoms with E-state index < -0.39 is 0 Å². The van der Waals surface area contributed by atoms with Crippen molar-refractivity contribution in [2.45, 2.75) is 45.6 Å². The number of amides is 2. The number of piperidine rings is 1. The summed E-state index contributed by atoms with van der Waals surface area (Å²) < 4.78 is 7.10. The summed E-state index contributed by atoms with van der Waals surface area (Å²) in [7, 11) is 0. The van der Waals surface area contributed by atoms with Gasteiger partial charge in [-0.2, -0.15) is 5.10 Å². The van der Waals surface area contributed by atoms with E-state index >= 15 is 0 Å². The molecule has 1 N–H and O–H groups in total. The smallest absolute Gasteiger partial charge is 0.289 e. The van der Waals surface area contributed by atoms with Gasteiger partial charge in [-0.05, 0) is 25.2 Å². The highest BCUT2D eigenvalue weighted by Gasteiger charge is 2.30. The summed E-state index contributed by atoms with van der Waals surface area (Å²) in [4.78, 5) is 38.2. The van der Waals surface area contributed by atoms with Crippen LogP contribution in [0.15, 0.2) is 12.3 Å². The van der Waals surface area contributed by atoms with Crippen LogP contribution in [0.4, 0.5) is 5.82 Å². The van der Waals surface area contributed by atoms with Gasteiger partial charge in [0.2, 0.25) is 11.7 Å². The number of hydrogen-bond acceptors (Lipinski definition) is 5. The molecule has 1 atom stereocenters. The number of aromatic nitrogens is 2. The quantitative estimate of drug-likeness (QED) is 0.762. The van der Waals surface area contributed by atoms with Crippen LogP contribution in [-0.4, -0.2) is 58.6 Å². The molecule has 0 saturated carbocycles. The molecule has 148 valence electrons. The molecule has 0 unspecified atom stereocenters. The Labute approximate surface area is 159 Å². The van der Waals surface area contributed by atoms with Crippen molar-refractivity contribution in [3.63, 3.8) is 0 Å². The lowest BCUT2D eigenvalue weighted by molar-refractivity contribution is -0.146. The summed E-state index contributed by atoms with van der Waals surface area (Å²) in [6, 6.07) is 1.89. The van der Waals surface area contributed by atoms with E-state index in [1.807, 2.05) is 18.5 Å². The van der Waals surface area contributed by atoms with Gasteiger partial charge in [0, 0.05) is 32.2 Å². The van der Waals surface area contributed by atoms with Crippen LogP contribution in [0.1, 0.15) is 45.6 Å². The number of nitrogens with zero attached hydrogens (tertiary/aromatic N) is 3. The van der Waals surface area contributed by atoms with Crippen LogP contribution in [0.5, 0.6) is 0 Å². The third-order valence-corrected chi connectivity index (χ3v) is 5.15. The van der Waals surface area contributed by atoms with Crippen molar-refractivity contribution in [1.29, 1.82) is 0 Å². The number of anilines is 1. The standard InChI is InChI=1S/C19H28N4O4/c1-13(2)11-16(24)19(26)22-8-4-15(5-9-22)23-17(3-7-20-23)21-18(25)14-6-10-27-12-14/h3,7,13-15H,4-6,8-12H2,1-2H3,(H,21,25)/t14-/m0/s1. The largest absolute Gasteiger partial charge is 0.381 e. The number of carbonyl (C=O) groups excluding carboxylic acids is 3. The topological polar surface area (TPSA) is 93.5 Å². The lowest BCUT2D eigenvalue weighted by Crippen LogP contribution is -2.43. The molecule has 3 heterocycles. The SMILES string of the molecule is CC(C)CC(=O)C(=O)N1CCC(n2nccc2NC(=O)[C@H]2CCOC2)CC1. The second-order valence-electron chi connectivity index (χ2n) is 7.76. The van der Waals surface area contributed by atoms with E-state index in [1.165, 1.54) is 0 Å². The van der Waals surface area contributed by atoms with E-state index in [-0.39, 0.29) is 35.5 Å². The van der Waals surface area contributed by atoms with Crippen molar-refractivity contribution in [3.05, 3.63) is 12.3 Å². The minimum atomic E-state index is -0.377. The molecule has 0 bridgehead atoms. The van der Waals surface area contributed by atoms with Crippen molar-refractivity contribution >= 4 is 23.4 Å². The summed E-state index contributed by atoms with van der Waals surface area (Å²) in [5.41, 5.74) is 0. The average Bonchev–Trinajstić information content (AvgIpc) is 3.32. The van der Waals surface area contributed by atoms with Crippen LogP contribution in [0, 0.1) is 11.8 Å². The van der Waals surface area contributed by atoms with Crippen LogP contribution in [0.2, 0.25) is 0 Å². The molecule has 0 aliphatic carbocycles. The summed E-state index contributed by atoms with van der Waals surface area (Å²) in [5, 5.41) is 7.31. The predicted molar refractivity (Wildman–Crippen MR) is 99.1 cm³/mol. The molecule has 2 aliphatic heterocycles. The Bertz CT molecular complexity index is 686. The minimum Gasteiger partial charge on any atom is -0.381 e. The van der Waals surface area contributed by atoms with E-state index in [0.717, 1.165) is 6.42 Å². The lowest BCUT2D eigenvalue weighted by atomic mass is 10.0. The van der Waals surface area contributed by atoms with E-state index in [4.69, 9.17) is 4.74 Å². The molecule has 2 amide bonds. The molecule has 8 nitrogen and oxygen atoms in total. The van der Waals surface area contributed by atoms with Crippen LogP contribution in [0.3, 0.4) is 0 Å². The van der Waals surface area contributed by atoms with Crippen LogP contribution in [0.25, 0.3) is 0 Å². The zero-order chi connectivity index (χ0) is 19.4. The fourth-order valence-corrected chi connectivity index (χ4v) is 3.62. The molecule has 2 fully saturated rings. The van der Waals surface area contributed by atoms with Crippen molar-refractivity contribution in [2.75, 3.05) is 31.6 Å². The van der Waals surface area contributed by atoms with Crippen LogP contribution in [-0.2, 0) is 19.1 Å². The Balaban J connectivity index is 1.55. The van der Waals surface area contributed by atoms with Gasteiger partial charge in [-0.1, -0.05) is 13.8 Å². The number of ketones is 1. The van der Waals surface area contributed by atoms with E-state index in [2.05, 4.69) is 10.4 Å². The fourth-order valence-electron chi connectivity index (χ4n) is 3.62. The number of rotatable bonds is 6. The van der Waals surface area contributed by atoms with Crippen molar-refractivity contribution in [2.24, 2.45) is 11.8 Å². The summed E-state index contributed by atoms with van der Waals surface area (Å²) >= 11 is 0. The van der Waals surface area contributed by atoms with Crippen molar-refractivity contribution in [1.82, 2.24) is 14.7 Å². The molecule has 1 aromatic heterocycles. The van der Waals surface area contributed by atoms with Gasteiger partial charge in [0.25, 0.3) is 5.91 Å². The Morgan fingerprint density at radius 1 is 1.26 bits per heavy atom. The Morgan fingerprint density at radius 2 is 2.00 bits per heavy atom. The third-order valence-electron chi connectivity index (χ3n) is 5.15. The number of nitrogens with one attached hydrogen (secondary N) is 1. The van der Waals surface area contributed by atoms with Gasteiger partial charge in [-0.15, -0.1) is 0 Å². The molecule has 1 aromatic rings. The highest BCUT2D eigenvalue weighted by Crippen LogP contribution is 2.26. The Hall–Kier alpha value is -2.22. The van der Waals surface area contributed by atoms with Crippen LogP contribution >= 0.6 is 0 Å². The van der Waals surface area contributed by atoms with Crippen LogP contribution < -0.4 is 5.32 Å². The molecule has 8 heteroatoms. The van der Waals surface area contributed by atoms with Gasteiger partial charge in [-0.3, -0.25) is 14.4 Å². The molecule has 0 spiro atoms. The van der Waals surface area contributed by atoms with Gasteiger partial charge in [0.1, 0.15) is 5.82 Å². The summed E-state index contributed by atoms with van der Waals surface area (Å²) in [5.74, 6) is 0.0136. The molecule has 27 heavy (non-hydrogen) atoms. The predicted octanol–water partition coefficient (Wildman–Crippen LogP) is 1.64. The van der Waals surface area contributed by atoms with E-state index in [9.17, 15) is 14.4 Å². The average molecular weight is 376 g/mol. The first-order chi connectivity index (χ1) is 13.0. The zero-order valence-corrected chi connectivity index (χ0v) is 16.0. The first-order valence-corrected chi connectivity index (χ1v) is 9.70. The number of ether oxygens (including phenoxy) is 1. The number of Topliss-reactive ketones (excluding diaryl/α,β-unsaturated/α-hetero) is 1. The van der Waals surface area contributed by atoms with Gasteiger partial charge in [-0.25, -0.2) is 4.68 Å². The molecule has 2 saturated heterocycles. The second kappa shape index (κ2) is 8.65. The normalized spacial score (nSPS) is 20.9. The molecule has 2 aliphatic rings. The second-order valence-corrected chi connectivity index (χ2v) is 7.76. The maximum absolute atomic E-state index is 12.3. The monoisotopic (exact) mass is 376 g/mol. The summed E-state index contributed by atoms with van der Waals surface area (Å²) in [6.45, 7) is 6.00. The number of hydrogen-bond donors (Lipinski definition) is 1. The number of carbonyl (C=O) groups is 3. The highest BCUT2D eigenvalue weighted by atomic mass is 16.5. The van der Waals surface area contributed by atoms with E-state index in [0.29, 0.717) is 51.4 Å². The Kier molecular flexibility index (Phi) is 6.26. The number of likely N-dealkylation sites (tertiary alicyclic amines) is 1. The fraction of sp³-hybridized carbons (Fsp3) is 0.684.